The normalized spacial score (nSPS) is 11.3. The van der Waals surface area contributed by atoms with Crippen LogP contribution < -0.4 is 5.32 Å². The van der Waals surface area contributed by atoms with Crippen LogP contribution in [-0.4, -0.2) is 23.3 Å². The van der Waals surface area contributed by atoms with E-state index in [4.69, 9.17) is 0 Å². The van der Waals surface area contributed by atoms with Gasteiger partial charge in [-0.2, -0.15) is 11.8 Å². The molecular weight excluding hydrogens is 248 g/mol. The Kier molecular flexibility index (Phi) is 7.90. The lowest BCUT2D eigenvalue weighted by Gasteiger charge is -2.06. The van der Waals surface area contributed by atoms with Crippen molar-refractivity contribution >= 4 is 23.1 Å². The van der Waals surface area contributed by atoms with Crippen LogP contribution in [0.3, 0.4) is 0 Å². The van der Waals surface area contributed by atoms with Crippen LogP contribution in [0, 0.1) is 0 Å². The van der Waals surface area contributed by atoms with Crippen molar-refractivity contribution in [2.75, 3.05) is 12.3 Å². The summed E-state index contributed by atoms with van der Waals surface area (Å²) < 4.78 is 0. The first-order valence-electron chi connectivity index (χ1n) is 6.46. The summed E-state index contributed by atoms with van der Waals surface area (Å²) in [6, 6.07) is 0.589. The maximum Gasteiger partial charge on any atom is 0.103 e. The summed E-state index contributed by atoms with van der Waals surface area (Å²) in [6.45, 7) is 7.69. The Balaban J connectivity index is 2.16. The van der Waals surface area contributed by atoms with E-state index in [1.807, 2.05) is 23.1 Å². The first-order chi connectivity index (χ1) is 8.22. The van der Waals surface area contributed by atoms with Gasteiger partial charge in [-0.25, -0.2) is 4.98 Å². The molecule has 98 valence electrons. The van der Waals surface area contributed by atoms with E-state index in [0.29, 0.717) is 6.04 Å². The predicted molar refractivity (Wildman–Crippen MR) is 80.0 cm³/mol. The highest BCUT2D eigenvalue weighted by Crippen LogP contribution is 2.18. The monoisotopic (exact) mass is 272 g/mol. The molecule has 1 N–H and O–H groups in total. The van der Waals surface area contributed by atoms with Crippen LogP contribution in [0.15, 0.2) is 5.38 Å². The second-order valence-electron chi connectivity index (χ2n) is 4.50. The number of rotatable bonds is 9. The summed E-state index contributed by atoms with van der Waals surface area (Å²) in [5.41, 5.74) is 1.27. The highest BCUT2D eigenvalue weighted by Gasteiger charge is 2.02. The van der Waals surface area contributed by atoms with E-state index >= 15 is 0 Å². The van der Waals surface area contributed by atoms with Crippen LogP contribution in [0.2, 0.25) is 0 Å². The highest BCUT2D eigenvalue weighted by atomic mass is 32.2. The number of aryl methyl sites for hydroxylation is 1. The second kappa shape index (κ2) is 8.95. The molecule has 0 atom stereocenters. The van der Waals surface area contributed by atoms with Crippen LogP contribution >= 0.6 is 23.1 Å². The van der Waals surface area contributed by atoms with Gasteiger partial charge in [0.15, 0.2) is 0 Å². The van der Waals surface area contributed by atoms with Gasteiger partial charge in [-0.1, -0.05) is 20.8 Å². The van der Waals surface area contributed by atoms with Gasteiger partial charge in [-0.15, -0.1) is 11.3 Å². The summed E-state index contributed by atoms with van der Waals surface area (Å²) in [4.78, 5) is 4.67. The molecule has 17 heavy (non-hydrogen) atoms. The Bertz CT molecular complexity index is 297. The molecule has 0 spiro atoms. The summed E-state index contributed by atoms with van der Waals surface area (Å²) in [6.07, 6.45) is 3.54. The molecule has 0 fully saturated rings. The molecule has 0 amide bonds. The van der Waals surface area contributed by atoms with Crippen molar-refractivity contribution in [2.24, 2.45) is 0 Å². The third-order valence-electron chi connectivity index (χ3n) is 2.34. The van der Waals surface area contributed by atoms with Gasteiger partial charge in [-0.3, -0.25) is 0 Å². The number of thioether (sulfide) groups is 1. The van der Waals surface area contributed by atoms with Gasteiger partial charge in [0.05, 0.1) is 5.69 Å². The van der Waals surface area contributed by atoms with E-state index in [-0.39, 0.29) is 0 Å². The molecule has 4 heteroatoms. The van der Waals surface area contributed by atoms with E-state index < -0.39 is 0 Å². The molecule has 0 aromatic carbocycles. The predicted octanol–water partition coefficient (Wildman–Crippen LogP) is 3.72. The Labute approximate surface area is 114 Å². The SMILES string of the molecule is CCCSCc1nc(CCCNC(C)C)cs1. The van der Waals surface area contributed by atoms with Crippen molar-refractivity contribution in [2.45, 2.75) is 51.8 Å². The number of thiazole rings is 1. The van der Waals surface area contributed by atoms with E-state index in [2.05, 4.69) is 36.5 Å². The number of nitrogens with zero attached hydrogens (tertiary/aromatic N) is 1. The van der Waals surface area contributed by atoms with Crippen molar-refractivity contribution in [1.82, 2.24) is 10.3 Å². The van der Waals surface area contributed by atoms with Crippen molar-refractivity contribution in [1.29, 1.82) is 0 Å². The molecule has 0 aliphatic rings. The fourth-order valence-electron chi connectivity index (χ4n) is 1.49. The van der Waals surface area contributed by atoms with Crippen LogP contribution in [0.1, 0.15) is 44.3 Å². The molecule has 0 radical (unpaired) electrons. The standard InChI is InChI=1S/C13H24N2S2/c1-4-8-16-10-13-15-12(9-17-13)6-5-7-14-11(2)3/h9,11,14H,4-8,10H2,1-3H3. The van der Waals surface area contributed by atoms with Gasteiger partial charge in [-0.05, 0) is 31.6 Å². The Morgan fingerprint density at radius 3 is 3.00 bits per heavy atom. The Morgan fingerprint density at radius 2 is 2.29 bits per heavy atom. The number of hydrogen-bond donors (Lipinski definition) is 1. The zero-order chi connectivity index (χ0) is 12.5. The molecule has 0 aliphatic carbocycles. The quantitative estimate of drug-likeness (QED) is 0.694. The first kappa shape index (κ1) is 15.0. The molecule has 1 aromatic rings. The van der Waals surface area contributed by atoms with E-state index in [1.165, 1.54) is 29.3 Å². The smallest absolute Gasteiger partial charge is 0.103 e. The second-order valence-corrected chi connectivity index (χ2v) is 6.55. The van der Waals surface area contributed by atoms with Crippen LogP contribution in [0.4, 0.5) is 0 Å². The van der Waals surface area contributed by atoms with Crippen molar-refractivity contribution in [3.05, 3.63) is 16.1 Å². The summed E-state index contributed by atoms with van der Waals surface area (Å²) in [5.74, 6) is 2.33. The van der Waals surface area contributed by atoms with Gasteiger partial charge >= 0.3 is 0 Å². The minimum Gasteiger partial charge on any atom is -0.315 e. The molecule has 1 aromatic heterocycles. The molecule has 0 bridgehead atoms. The lowest BCUT2D eigenvalue weighted by Crippen LogP contribution is -2.23. The Morgan fingerprint density at radius 1 is 1.47 bits per heavy atom. The molecule has 0 saturated carbocycles. The summed E-state index contributed by atoms with van der Waals surface area (Å²) in [5, 5.41) is 6.94. The van der Waals surface area contributed by atoms with Crippen molar-refractivity contribution < 1.29 is 0 Å². The van der Waals surface area contributed by atoms with Crippen molar-refractivity contribution in [3.63, 3.8) is 0 Å². The van der Waals surface area contributed by atoms with E-state index in [1.54, 1.807) is 0 Å². The van der Waals surface area contributed by atoms with Gasteiger partial charge in [0.2, 0.25) is 0 Å². The fraction of sp³-hybridized carbons (Fsp3) is 0.769. The molecule has 1 heterocycles. The lowest BCUT2D eigenvalue weighted by molar-refractivity contribution is 0.569. The minimum absolute atomic E-state index is 0.589. The van der Waals surface area contributed by atoms with Gasteiger partial charge < -0.3 is 5.32 Å². The maximum absolute atomic E-state index is 4.67. The third-order valence-corrected chi connectivity index (χ3v) is 4.59. The van der Waals surface area contributed by atoms with Gasteiger partial charge in [0, 0.05) is 17.2 Å². The molecule has 1 rings (SSSR count). The van der Waals surface area contributed by atoms with Crippen LogP contribution in [-0.2, 0) is 12.2 Å². The largest absolute Gasteiger partial charge is 0.315 e. The topological polar surface area (TPSA) is 24.9 Å². The van der Waals surface area contributed by atoms with Crippen molar-refractivity contribution in [3.8, 4) is 0 Å². The minimum atomic E-state index is 0.589. The zero-order valence-corrected chi connectivity index (χ0v) is 12.8. The molecule has 0 unspecified atom stereocenters. The number of aromatic nitrogens is 1. The summed E-state index contributed by atoms with van der Waals surface area (Å²) >= 11 is 3.80. The lowest BCUT2D eigenvalue weighted by atomic mass is 10.2. The maximum atomic E-state index is 4.67. The molecule has 2 nitrogen and oxygen atoms in total. The summed E-state index contributed by atoms with van der Waals surface area (Å²) in [7, 11) is 0. The van der Waals surface area contributed by atoms with Gasteiger partial charge in [0.1, 0.15) is 5.01 Å². The average Bonchev–Trinajstić information content (AvgIpc) is 2.73. The number of hydrogen-bond acceptors (Lipinski definition) is 4. The zero-order valence-electron chi connectivity index (χ0n) is 11.2. The van der Waals surface area contributed by atoms with Crippen LogP contribution in [0.5, 0.6) is 0 Å². The van der Waals surface area contributed by atoms with E-state index in [0.717, 1.165) is 18.7 Å². The van der Waals surface area contributed by atoms with Gasteiger partial charge in [0.25, 0.3) is 0 Å². The van der Waals surface area contributed by atoms with Crippen LogP contribution in [0.25, 0.3) is 0 Å². The average molecular weight is 272 g/mol. The number of nitrogens with one attached hydrogen (secondary N) is 1. The molecule has 0 saturated heterocycles. The van der Waals surface area contributed by atoms with E-state index in [9.17, 15) is 0 Å². The highest BCUT2D eigenvalue weighted by molar-refractivity contribution is 7.98. The first-order valence-corrected chi connectivity index (χ1v) is 8.50. The molecule has 0 aliphatic heterocycles. The third kappa shape index (κ3) is 7.06. The molecular formula is C13H24N2S2. The fourth-order valence-corrected chi connectivity index (χ4v) is 3.30. The Hall–Kier alpha value is -0.0600.